The first-order valence-corrected chi connectivity index (χ1v) is 5.51. The minimum atomic E-state index is -1.65. The Labute approximate surface area is 140 Å². The summed E-state index contributed by atoms with van der Waals surface area (Å²) in [7, 11) is 0. The molecule has 8 nitrogen and oxygen atoms in total. The summed E-state index contributed by atoms with van der Waals surface area (Å²) in [6, 6.07) is 4.72. The fraction of sp³-hybridized carbons (Fsp3) is 0.167. The van der Waals surface area contributed by atoms with Gasteiger partial charge in [-0.15, -0.1) is 0 Å². The Hall–Kier alpha value is -1.90. The van der Waals surface area contributed by atoms with Crippen molar-refractivity contribution in [2.75, 3.05) is 4.90 Å². The molecular weight excluding hydrogens is 291 g/mol. The SMILES string of the molecule is CC(=O)C1C(=O)C(=O)N(c2cccc([N+](=O)[O-])c2)C1=O.[Na+]. The first-order valence-electron chi connectivity index (χ1n) is 5.51. The standard InChI is InChI=1S/C12H8N2O6.Na/c1-6(15)9-10(16)12(18)13(11(9)17)7-3-2-4-8(5-7)14(19)20;/h2-5,9H,1H3;/q;+1. The quantitative estimate of drug-likeness (QED) is 0.149. The predicted octanol–water partition coefficient (Wildman–Crippen LogP) is -2.75. The second-order valence-corrected chi connectivity index (χ2v) is 4.16. The number of non-ortho nitro benzene ring substituents is 1. The second-order valence-electron chi connectivity index (χ2n) is 4.16. The summed E-state index contributed by atoms with van der Waals surface area (Å²) in [5.74, 6) is -5.64. The molecule has 0 spiro atoms. The van der Waals surface area contributed by atoms with Gasteiger partial charge in [0, 0.05) is 12.1 Å². The van der Waals surface area contributed by atoms with E-state index in [2.05, 4.69) is 0 Å². The van der Waals surface area contributed by atoms with E-state index < -0.39 is 34.2 Å². The third-order valence-electron chi connectivity index (χ3n) is 2.85. The molecule has 2 rings (SSSR count). The molecule has 0 aromatic heterocycles. The summed E-state index contributed by atoms with van der Waals surface area (Å²) in [4.78, 5) is 57.0. The normalized spacial score (nSPS) is 17.7. The first-order chi connectivity index (χ1) is 9.34. The monoisotopic (exact) mass is 299 g/mol. The second kappa shape index (κ2) is 6.25. The van der Waals surface area contributed by atoms with E-state index in [-0.39, 0.29) is 40.9 Å². The maximum atomic E-state index is 11.9. The number of nitro benzene ring substituents is 1. The van der Waals surface area contributed by atoms with Crippen molar-refractivity contribution in [3.05, 3.63) is 34.4 Å². The minimum absolute atomic E-state index is 0. The van der Waals surface area contributed by atoms with Gasteiger partial charge in [-0.05, 0) is 13.0 Å². The Morgan fingerprint density at radius 2 is 1.90 bits per heavy atom. The van der Waals surface area contributed by atoms with E-state index in [4.69, 9.17) is 0 Å². The Morgan fingerprint density at radius 1 is 1.29 bits per heavy atom. The van der Waals surface area contributed by atoms with E-state index in [0.717, 1.165) is 13.0 Å². The number of nitrogens with zero attached hydrogens (tertiary/aromatic N) is 2. The van der Waals surface area contributed by atoms with E-state index in [9.17, 15) is 29.3 Å². The summed E-state index contributed by atoms with van der Waals surface area (Å²) in [6.07, 6.45) is 0. The zero-order valence-electron chi connectivity index (χ0n) is 11.2. The molecule has 1 aliphatic heterocycles. The molecule has 1 saturated heterocycles. The zero-order chi connectivity index (χ0) is 15.0. The molecule has 0 bridgehead atoms. The molecule has 1 heterocycles. The molecule has 1 aromatic rings. The van der Waals surface area contributed by atoms with Gasteiger partial charge in [-0.1, -0.05) is 6.07 Å². The molecule has 9 heteroatoms. The number of ketones is 2. The molecule has 1 aromatic carbocycles. The van der Waals surface area contributed by atoms with E-state index in [0.29, 0.717) is 4.90 Å². The van der Waals surface area contributed by atoms with Crippen molar-refractivity contribution < 1.29 is 53.7 Å². The number of nitro groups is 1. The number of benzene rings is 1. The van der Waals surface area contributed by atoms with Crippen LogP contribution in [0.5, 0.6) is 0 Å². The van der Waals surface area contributed by atoms with Crippen LogP contribution in [0.15, 0.2) is 24.3 Å². The van der Waals surface area contributed by atoms with Gasteiger partial charge in [0.05, 0.1) is 10.6 Å². The number of carbonyl (C=O) groups excluding carboxylic acids is 4. The van der Waals surface area contributed by atoms with E-state index >= 15 is 0 Å². The molecule has 1 unspecified atom stereocenters. The van der Waals surface area contributed by atoms with Crippen LogP contribution in [0, 0.1) is 16.0 Å². The Bertz CT molecular complexity index is 671. The van der Waals surface area contributed by atoms with Gasteiger partial charge in [0.25, 0.3) is 11.6 Å². The van der Waals surface area contributed by atoms with Crippen LogP contribution in [-0.2, 0) is 19.2 Å². The molecule has 1 fully saturated rings. The van der Waals surface area contributed by atoms with Crippen molar-refractivity contribution in [1.82, 2.24) is 0 Å². The number of Topliss-reactive ketones (excluding diaryl/α,β-unsaturated/α-hetero) is 2. The van der Waals surface area contributed by atoms with Crippen molar-refractivity contribution in [1.29, 1.82) is 0 Å². The third kappa shape index (κ3) is 2.92. The van der Waals surface area contributed by atoms with Gasteiger partial charge in [-0.3, -0.25) is 29.3 Å². The number of anilines is 1. The van der Waals surface area contributed by atoms with E-state index in [1.165, 1.54) is 18.2 Å². The van der Waals surface area contributed by atoms with Crippen LogP contribution in [0.3, 0.4) is 0 Å². The van der Waals surface area contributed by atoms with Gasteiger partial charge >= 0.3 is 35.5 Å². The summed E-state index contributed by atoms with van der Waals surface area (Å²) in [5, 5.41) is 10.7. The number of hydrogen-bond donors (Lipinski definition) is 0. The van der Waals surface area contributed by atoms with Gasteiger partial charge in [0.1, 0.15) is 5.78 Å². The Morgan fingerprint density at radius 3 is 2.38 bits per heavy atom. The molecule has 2 amide bonds. The summed E-state index contributed by atoms with van der Waals surface area (Å²) in [6.45, 7) is 1.03. The van der Waals surface area contributed by atoms with Crippen LogP contribution in [0.2, 0.25) is 0 Å². The third-order valence-corrected chi connectivity index (χ3v) is 2.85. The smallest absolute Gasteiger partial charge is 0.299 e. The van der Waals surface area contributed by atoms with Gasteiger partial charge in [0.15, 0.2) is 5.92 Å². The zero-order valence-corrected chi connectivity index (χ0v) is 13.2. The van der Waals surface area contributed by atoms with Gasteiger partial charge in [-0.25, -0.2) is 4.90 Å². The maximum Gasteiger partial charge on any atom is 1.00 e. The van der Waals surface area contributed by atoms with Crippen LogP contribution in [0.1, 0.15) is 6.92 Å². The van der Waals surface area contributed by atoms with Crippen molar-refractivity contribution in [3.63, 3.8) is 0 Å². The van der Waals surface area contributed by atoms with Gasteiger partial charge in [0.2, 0.25) is 5.78 Å². The van der Waals surface area contributed by atoms with Crippen LogP contribution in [0.4, 0.5) is 11.4 Å². The number of hydrogen-bond acceptors (Lipinski definition) is 6. The number of amides is 2. The molecule has 102 valence electrons. The number of rotatable bonds is 3. The fourth-order valence-corrected chi connectivity index (χ4v) is 1.92. The molecular formula is C12H8N2NaO6+. The summed E-state index contributed by atoms with van der Waals surface area (Å²) in [5.41, 5.74) is -0.437. The number of imide groups is 1. The molecule has 21 heavy (non-hydrogen) atoms. The van der Waals surface area contributed by atoms with Crippen LogP contribution < -0.4 is 34.5 Å². The molecule has 0 radical (unpaired) electrons. The summed E-state index contributed by atoms with van der Waals surface area (Å²) >= 11 is 0. The Kier molecular flexibility index (Phi) is 5.10. The van der Waals surface area contributed by atoms with Crippen LogP contribution >= 0.6 is 0 Å². The first kappa shape index (κ1) is 17.2. The molecule has 1 aliphatic rings. The maximum absolute atomic E-state index is 11.9. The van der Waals surface area contributed by atoms with Crippen LogP contribution in [-0.4, -0.2) is 28.3 Å². The van der Waals surface area contributed by atoms with Gasteiger partial charge < -0.3 is 0 Å². The average Bonchev–Trinajstić information content (AvgIpc) is 2.60. The van der Waals surface area contributed by atoms with Crippen LogP contribution in [0.25, 0.3) is 0 Å². The molecule has 1 atom stereocenters. The predicted molar refractivity (Wildman–Crippen MR) is 64.8 cm³/mol. The Balaban J connectivity index is 0.00000220. The van der Waals surface area contributed by atoms with Crippen molar-refractivity contribution >= 4 is 34.8 Å². The van der Waals surface area contributed by atoms with Crippen molar-refractivity contribution in [3.8, 4) is 0 Å². The van der Waals surface area contributed by atoms with E-state index in [1.807, 2.05) is 0 Å². The van der Waals surface area contributed by atoms with Gasteiger partial charge in [-0.2, -0.15) is 0 Å². The molecule has 0 saturated carbocycles. The average molecular weight is 299 g/mol. The molecule has 0 aliphatic carbocycles. The van der Waals surface area contributed by atoms with Crippen molar-refractivity contribution in [2.45, 2.75) is 6.92 Å². The van der Waals surface area contributed by atoms with Crippen molar-refractivity contribution in [2.24, 2.45) is 5.92 Å². The number of carbonyl (C=O) groups is 4. The minimum Gasteiger partial charge on any atom is -0.299 e. The fourth-order valence-electron chi connectivity index (χ4n) is 1.92. The van der Waals surface area contributed by atoms with E-state index in [1.54, 1.807) is 0 Å². The molecule has 0 N–H and O–H groups in total. The topological polar surface area (TPSA) is 115 Å². The summed E-state index contributed by atoms with van der Waals surface area (Å²) < 4.78 is 0. The largest absolute Gasteiger partial charge is 1.00 e.